The molecule has 0 aliphatic carbocycles. The third-order valence-corrected chi connectivity index (χ3v) is 5.19. The van der Waals surface area contributed by atoms with Gasteiger partial charge in [-0.15, -0.1) is 0 Å². The normalized spacial score (nSPS) is 15.7. The number of amides is 1. The second-order valence-electron chi connectivity index (χ2n) is 7.47. The standard InChI is InChI=1S/C22H27N3O4/c1-23(2)13-14-27-19-6-4-3-5-18(19)24-9-11-25(12-10-24)22(26)17-7-8-20-21(15-17)29-16-28-20/h3-8,15H,9-14,16H2,1-2H3. The fourth-order valence-electron chi connectivity index (χ4n) is 3.54. The smallest absolute Gasteiger partial charge is 0.254 e. The number of fused-ring (bicyclic) bond motifs is 1. The number of nitrogens with zero attached hydrogens (tertiary/aromatic N) is 3. The summed E-state index contributed by atoms with van der Waals surface area (Å²) in [5.74, 6) is 2.25. The second-order valence-corrected chi connectivity index (χ2v) is 7.47. The van der Waals surface area contributed by atoms with Crippen LogP contribution in [0.25, 0.3) is 0 Å². The first-order chi connectivity index (χ1) is 14.1. The summed E-state index contributed by atoms with van der Waals surface area (Å²) in [5, 5.41) is 0. The highest BCUT2D eigenvalue weighted by atomic mass is 16.7. The third-order valence-electron chi connectivity index (χ3n) is 5.19. The van der Waals surface area contributed by atoms with E-state index in [2.05, 4.69) is 15.9 Å². The van der Waals surface area contributed by atoms with Crippen molar-refractivity contribution in [3.05, 3.63) is 48.0 Å². The minimum absolute atomic E-state index is 0.0264. The lowest BCUT2D eigenvalue weighted by Crippen LogP contribution is -2.48. The van der Waals surface area contributed by atoms with Crippen LogP contribution in [0.15, 0.2) is 42.5 Å². The van der Waals surface area contributed by atoms with Gasteiger partial charge in [0.2, 0.25) is 6.79 Å². The van der Waals surface area contributed by atoms with E-state index in [0.29, 0.717) is 36.8 Å². The molecule has 0 unspecified atom stereocenters. The number of likely N-dealkylation sites (N-methyl/N-ethyl adjacent to an activating group) is 1. The maximum atomic E-state index is 12.9. The van der Waals surface area contributed by atoms with Gasteiger partial charge in [-0.05, 0) is 44.4 Å². The lowest BCUT2D eigenvalue weighted by Gasteiger charge is -2.36. The zero-order valence-corrected chi connectivity index (χ0v) is 17.0. The average molecular weight is 397 g/mol. The van der Waals surface area contributed by atoms with Crippen molar-refractivity contribution in [3.63, 3.8) is 0 Å². The van der Waals surface area contributed by atoms with Crippen LogP contribution >= 0.6 is 0 Å². The quantitative estimate of drug-likeness (QED) is 0.746. The van der Waals surface area contributed by atoms with Crippen molar-refractivity contribution in [1.29, 1.82) is 0 Å². The number of para-hydroxylation sites is 2. The van der Waals surface area contributed by atoms with Crippen molar-refractivity contribution >= 4 is 11.6 Å². The van der Waals surface area contributed by atoms with Crippen molar-refractivity contribution in [2.75, 3.05) is 65.1 Å². The van der Waals surface area contributed by atoms with Gasteiger partial charge in [-0.3, -0.25) is 4.79 Å². The molecule has 0 saturated carbocycles. The highest BCUT2D eigenvalue weighted by Gasteiger charge is 2.25. The Morgan fingerprint density at radius 3 is 2.59 bits per heavy atom. The number of carbonyl (C=O) groups is 1. The van der Waals surface area contributed by atoms with Gasteiger partial charge in [0.1, 0.15) is 12.4 Å². The van der Waals surface area contributed by atoms with Gasteiger partial charge in [-0.2, -0.15) is 0 Å². The van der Waals surface area contributed by atoms with Crippen LogP contribution in [0.1, 0.15) is 10.4 Å². The Morgan fingerprint density at radius 1 is 1.03 bits per heavy atom. The summed E-state index contributed by atoms with van der Waals surface area (Å²) >= 11 is 0. The maximum Gasteiger partial charge on any atom is 0.254 e. The molecule has 0 radical (unpaired) electrons. The molecule has 29 heavy (non-hydrogen) atoms. The molecule has 0 N–H and O–H groups in total. The van der Waals surface area contributed by atoms with Gasteiger partial charge in [0, 0.05) is 38.3 Å². The lowest BCUT2D eigenvalue weighted by atomic mass is 10.1. The van der Waals surface area contributed by atoms with Gasteiger partial charge in [0.25, 0.3) is 5.91 Å². The molecule has 2 heterocycles. The SMILES string of the molecule is CN(C)CCOc1ccccc1N1CCN(C(=O)c2ccc3c(c2)OCO3)CC1. The Bertz CT molecular complexity index is 863. The Kier molecular flexibility index (Phi) is 5.76. The molecular weight excluding hydrogens is 370 g/mol. The van der Waals surface area contributed by atoms with Gasteiger partial charge in [0.05, 0.1) is 5.69 Å². The van der Waals surface area contributed by atoms with Crippen molar-refractivity contribution in [1.82, 2.24) is 9.80 Å². The summed E-state index contributed by atoms with van der Waals surface area (Å²) < 4.78 is 16.7. The minimum atomic E-state index is 0.0264. The van der Waals surface area contributed by atoms with Crippen LogP contribution in [0.5, 0.6) is 17.2 Å². The molecule has 2 aliphatic rings. The molecule has 0 atom stereocenters. The summed E-state index contributed by atoms with van der Waals surface area (Å²) in [6.45, 7) is 4.59. The fraction of sp³-hybridized carbons (Fsp3) is 0.409. The fourth-order valence-corrected chi connectivity index (χ4v) is 3.54. The Labute approximate surface area is 171 Å². The Hall–Kier alpha value is -2.93. The molecule has 0 spiro atoms. The zero-order chi connectivity index (χ0) is 20.2. The molecule has 2 aromatic rings. The lowest BCUT2D eigenvalue weighted by molar-refractivity contribution is 0.0746. The molecule has 7 nitrogen and oxygen atoms in total. The van der Waals surface area contributed by atoms with E-state index in [-0.39, 0.29) is 12.7 Å². The molecule has 1 amide bonds. The predicted octanol–water partition coefficient (Wildman–Crippen LogP) is 2.32. The van der Waals surface area contributed by atoms with E-state index in [1.165, 1.54) is 0 Å². The van der Waals surface area contributed by atoms with E-state index in [1.54, 1.807) is 18.2 Å². The van der Waals surface area contributed by atoms with Crippen LogP contribution in [-0.2, 0) is 0 Å². The Morgan fingerprint density at radius 2 is 1.79 bits per heavy atom. The van der Waals surface area contributed by atoms with E-state index in [1.807, 2.05) is 37.2 Å². The number of rotatable bonds is 6. The van der Waals surface area contributed by atoms with Crippen LogP contribution in [0.2, 0.25) is 0 Å². The van der Waals surface area contributed by atoms with E-state index in [9.17, 15) is 4.79 Å². The summed E-state index contributed by atoms with van der Waals surface area (Å²) in [7, 11) is 4.07. The number of anilines is 1. The third kappa shape index (κ3) is 4.40. The van der Waals surface area contributed by atoms with E-state index >= 15 is 0 Å². The predicted molar refractivity (Wildman–Crippen MR) is 111 cm³/mol. The van der Waals surface area contributed by atoms with Crippen LogP contribution in [0.3, 0.4) is 0 Å². The molecule has 154 valence electrons. The van der Waals surface area contributed by atoms with Crippen molar-refractivity contribution in [2.24, 2.45) is 0 Å². The van der Waals surface area contributed by atoms with Crippen molar-refractivity contribution in [3.8, 4) is 17.2 Å². The molecule has 1 fully saturated rings. The van der Waals surface area contributed by atoms with Gasteiger partial charge < -0.3 is 28.9 Å². The summed E-state index contributed by atoms with van der Waals surface area (Å²) in [4.78, 5) is 19.2. The minimum Gasteiger partial charge on any atom is -0.490 e. The van der Waals surface area contributed by atoms with Crippen molar-refractivity contribution in [2.45, 2.75) is 0 Å². The molecule has 2 aliphatic heterocycles. The summed E-state index contributed by atoms with van der Waals surface area (Å²) in [6.07, 6.45) is 0. The number of ether oxygens (including phenoxy) is 3. The van der Waals surface area contributed by atoms with E-state index in [0.717, 1.165) is 31.1 Å². The largest absolute Gasteiger partial charge is 0.490 e. The summed E-state index contributed by atoms with van der Waals surface area (Å²) in [6, 6.07) is 13.5. The first-order valence-corrected chi connectivity index (χ1v) is 9.92. The number of piperazine rings is 1. The monoisotopic (exact) mass is 397 g/mol. The van der Waals surface area contributed by atoms with Gasteiger partial charge in [-0.25, -0.2) is 0 Å². The van der Waals surface area contributed by atoms with Gasteiger partial charge in [-0.1, -0.05) is 12.1 Å². The second kappa shape index (κ2) is 8.61. The van der Waals surface area contributed by atoms with Crippen LogP contribution < -0.4 is 19.1 Å². The zero-order valence-electron chi connectivity index (χ0n) is 17.0. The van der Waals surface area contributed by atoms with Crippen LogP contribution in [-0.4, -0.2) is 75.9 Å². The average Bonchev–Trinajstić information content (AvgIpc) is 3.21. The first kappa shape index (κ1) is 19.4. The molecule has 4 rings (SSSR count). The van der Waals surface area contributed by atoms with Crippen LogP contribution in [0.4, 0.5) is 5.69 Å². The molecule has 2 aromatic carbocycles. The molecule has 0 bridgehead atoms. The number of hydrogen-bond donors (Lipinski definition) is 0. The topological polar surface area (TPSA) is 54.5 Å². The van der Waals surface area contributed by atoms with E-state index in [4.69, 9.17) is 14.2 Å². The van der Waals surface area contributed by atoms with Crippen LogP contribution in [0, 0.1) is 0 Å². The maximum absolute atomic E-state index is 12.9. The highest BCUT2D eigenvalue weighted by Crippen LogP contribution is 2.33. The molecular formula is C22H27N3O4. The first-order valence-electron chi connectivity index (χ1n) is 9.92. The van der Waals surface area contributed by atoms with E-state index < -0.39 is 0 Å². The molecule has 1 saturated heterocycles. The number of benzene rings is 2. The van der Waals surface area contributed by atoms with Crippen molar-refractivity contribution < 1.29 is 19.0 Å². The number of carbonyl (C=O) groups excluding carboxylic acids is 1. The Balaban J connectivity index is 1.38. The summed E-state index contributed by atoms with van der Waals surface area (Å²) in [5.41, 5.74) is 1.72. The number of hydrogen-bond acceptors (Lipinski definition) is 6. The molecule has 0 aromatic heterocycles. The molecule has 7 heteroatoms. The highest BCUT2D eigenvalue weighted by molar-refractivity contribution is 5.95. The van der Waals surface area contributed by atoms with Gasteiger partial charge >= 0.3 is 0 Å². The van der Waals surface area contributed by atoms with Gasteiger partial charge in [0.15, 0.2) is 11.5 Å².